The topological polar surface area (TPSA) is 37.4 Å². The summed E-state index contributed by atoms with van der Waals surface area (Å²) in [6.45, 7) is 5.65. The monoisotopic (exact) mass is 263 g/mol. The molecule has 0 aromatic heterocycles. The Balaban J connectivity index is 2.13. The minimum absolute atomic E-state index is 0.0816. The molecule has 1 aromatic carbocycles. The smallest absolute Gasteiger partial charge is 0.227 e. The highest BCUT2D eigenvalue weighted by Gasteiger charge is 2.39. The number of ketones is 1. The molecule has 102 valence electrons. The van der Waals surface area contributed by atoms with Crippen molar-refractivity contribution in [3.63, 3.8) is 0 Å². The molecule has 2 rings (SSSR count). The molecule has 1 aromatic rings. The van der Waals surface area contributed by atoms with Crippen molar-refractivity contribution in [2.75, 3.05) is 6.54 Å². The fraction of sp³-hybridized carbons (Fsp3) is 0.467. The molecule has 0 N–H and O–H groups in total. The molecule has 1 aliphatic heterocycles. The minimum Gasteiger partial charge on any atom is -0.330 e. The van der Waals surface area contributed by atoms with Crippen LogP contribution in [0.3, 0.4) is 0 Å². The van der Waals surface area contributed by atoms with Crippen LogP contribution in [0.15, 0.2) is 18.2 Å². The van der Waals surface area contributed by atoms with Crippen LogP contribution in [-0.4, -0.2) is 28.7 Å². The molecule has 1 saturated heterocycles. The van der Waals surface area contributed by atoms with Crippen LogP contribution in [0.25, 0.3) is 0 Å². The third-order valence-electron chi connectivity index (χ3n) is 3.57. The van der Waals surface area contributed by atoms with Crippen molar-refractivity contribution >= 4 is 11.7 Å². The number of carbonyl (C=O) groups excluding carboxylic acids is 2. The Morgan fingerprint density at radius 1 is 1.42 bits per heavy atom. The normalized spacial score (nSPS) is 17.9. The number of carbonyl (C=O) groups is 2. The molecule has 0 spiro atoms. The maximum atomic E-state index is 13.2. The molecule has 0 bridgehead atoms. The summed E-state index contributed by atoms with van der Waals surface area (Å²) in [5.41, 5.74) is 0.893. The van der Waals surface area contributed by atoms with Gasteiger partial charge in [-0.1, -0.05) is 12.1 Å². The van der Waals surface area contributed by atoms with E-state index in [1.807, 2.05) is 13.8 Å². The number of aryl methyl sites for hydroxylation is 1. The number of nitrogens with zero attached hydrogens (tertiary/aromatic N) is 1. The van der Waals surface area contributed by atoms with Gasteiger partial charge in [-0.3, -0.25) is 9.59 Å². The van der Waals surface area contributed by atoms with Gasteiger partial charge in [0.05, 0.1) is 13.0 Å². The summed E-state index contributed by atoms with van der Waals surface area (Å²) in [4.78, 5) is 25.4. The summed E-state index contributed by atoms with van der Waals surface area (Å²) >= 11 is 0. The second-order valence-electron chi connectivity index (χ2n) is 5.77. The first-order chi connectivity index (χ1) is 8.79. The lowest BCUT2D eigenvalue weighted by Crippen LogP contribution is -2.43. The second-order valence-corrected chi connectivity index (χ2v) is 5.77. The SMILES string of the molecule is Cc1cc(CC(=O)N2CC(=O)CC2(C)C)ccc1F. The lowest BCUT2D eigenvalue weighted by molar-refractivity contribution is -0.134. The summed E-state index contributed by atoms with van der Waals surface area (Å²) < 4.78 is 13.2. The Hall–Kier alpha value is -1.71. The zero-order chi connectivity index (χ0) is 14.2. The quantitative estimate of drug-likeness (QED) is 0.820. The van der Waals surface area contributed by atoms with Gasteiger partial charge in [-0.25, -0.2) is 4.39 Å². The number of hydrogen-bond acceptors (Lipinski definition) is 2. The maximum absolute atomic E-state index is 13.2. The average molecular weight is 263 g/mol. The lowest BCUT2D eigenvalue weighted by Gasteiger charge is -2.30. The highest BCUT2D eigenvalue weighted by Crippen LogP contribution is 2.26. The Morgan fingerprint density at radius 3 is 2.63 bits per heavy atom. The molecule has 4 heteroatoms. The van der Waals surface area contributed by atoms with Crippen molar-refractivity contribution in [3.05, 3.63) is 35.1 Å². The Bertz CT molecular complexity index is 537. The van der Waals surface area contributed by atoms with Gasteiger partial charge in [0.2, 0.25) is 5.91 Å². The average Bonchev–Trinajstić information content (AvgIpc) is 2.57. The van der Waals surface area contributed by atoms with Gasteiger partial charge in [-0.05, 0) is 38.0 Å². The van der Waals surface area contributed by atoms with E-state index >= 15 is 0 Å². The van der Waals surface area contributed by atoms with Gasteiger partial charge in [-0.15, -0.1) is 0 Å². The molecule has 1 amide bonds. The Labute approximate surface area is 112 Å². The summed E-state index contributed by atoms with van der Waals surface area (Å²) in [5.74, 6) is -0.261. The van der Waals surface area contributed by atoms with E-state index in [1.54, 1.807) is 24.0 Å². The van der Waals surface area contributed by atoms with Crippen molar-refractivity contribution < 1.29 is 14.0 Å². The zero-order valence-corrected chi connectivity index (χ0v) is 11.5. The van der Waals surface area contributed by atoms with Gasteiger partial charge >= 0.3 is 0 Å². The third-order valence-corrected chi connectivity index (χ3v) is 3.57. The minimum atomic E-state index is -0.413. The zero-order valence-electron chi connectivity index (χ0n) is 11.5. The van der Waals surface area contributed by atoms with Gasteiger partial charge < -0.3 is 4.90 Å². The van der Waals surface area contributed by atoms with Crippen molar-refractivity contribution in [3.8, 4) is 0 Å². The van der Waals surface area contributed by atoms with E-state index in [0.29, 0.717) is 12.0 Å². The summed E-state index contributed by atoms with van der Waals surface area (Å²) in [6, 6.07) is 4.67. The number of halogens is 1. The van der Waals surface area contributed by atoms with Gasteiger partial charge in [0.25, 0.3) is 0 Å². The number of rotatable bonds is 2. The standard InChI is InChI=1S/C15H18FNO2/c1-10-6-11(4-5-13(10)16)7-14(19)17-9-12(18)8-15(17,2)3/h4-6H,7-9H2,1-3H3. The highest BCUT2D eigenvalue weighted by molar-refractivity contribution is 5.91. The molecule has 0 saturated carbocycles. The largest absolute Gasteiger partial charge is 0.330 e. The molecule has 0 atom stereocenters. The Morgan fingerprint density at radius 2 is 2.11 bits per heavy atom. The number of amides is 1. The second kappa shape index (κ2) is 4.76. The highest BCUT2D eigenvalue weighted by atomic mass is 19.1. The first-order valence-electron chi connectivity index (χ1n) is 6.37. The van der Waals surface area contributed by atoms with E-state index in [9.17, 15) is 14.0 Å². The van der Waals surface area contributed by atoms with E-state index in [-0.39, 0.29) is 30.5 Å². The first kappa shape index (κ1) is 13.7. The van der Waals surface area contributed by atoms with Crippen molar-refractivity contribution in [1.82, 2.24) is 4.90 Å². The fourth-order valence-corrected chi connectivity index (χ4v) is 2.54. The van der Waals surface area contributed by atoms with Crippen molar-refractivity contribution in [2.24, 2.45) is 0 Å². The van der Waals surface area contributed by atoms with Crippen LogP contribution in [0.2, 0.25) is 0 Å². The van der Waals surface area contributed by atoms with Gasteiger partial charge in [0.1, 0.15) is 5.82 Å². The van der Waals surface area contributed by atoms with Crippen molar-refractivity contribution in [2.45, 2.75) is 39.2 Å². The molecular weight excluding hydrogens is 245 g/mol. The summed E-state index contributed by atoms with van der Waals surface area (Å²) in [5, 5.41) is 0. The number of benzene rings is 1. The van der Waals surface area contributed by atoms with Crippen LogP contribution in [0.1, 0.15) is 31.4 Å². The first-order valence-corrected chi connectivity index (χ1v) is 6.37. The maximum Gasteiger partial charge on any atom is 0.227 e. The van der Waals surface area contributed by atoms with E-state index < -0.39 is 5.54 Å². The lowest BCUT2D eigenvalue weighted by atomic mass is 10.0. The summed E-state index contributed by atoms with van der Waals surface area (Å²) in [6.07, 6.45) is 0.610. The van der Waals surface area contributed by atoms with Crippen LogP contribution in [0.5, 0.6) is 0 Å². The van der Waals surface area contributed by atoms with Gasteiger partial charge in [-0.2, -0.15) is 0 Å². The predicted molar refractivity (Wildman–Crippen MR) is 70.3 cm³/mol. The van der Waals surface area contributed by atoms with Crippen molar-refractivity contribution in [1.29, 1.82) is 0 Å². The van der Waals surface area contributed by atoms with E-state index in [4.69, 9.17) is 0 Å². The molecule has 0 aliphatic carbocycles. The number of likely N-dealkylation sites (tertiary alicyclic amines) is 1. The predicted octanol–water partition coefficient (Wildman–Crippen LogP) is 2.26. The van der Waals surface area contributed by atoms with Gasteiger partial charge in [0.15, 0.2) is 5.78 Å². The molecule has 0 unspecified atom stereocenters. The van der Waals surface area contributed by atoms with Gasteiger partial charge in [0, 0.05) is 12.0 Å². The van der Waals surface area contributed by atoms with Crippen LogP contribution in [-0.2, 0) is 16.0 Å². The Kier molecular flexibility index (Phi) is 3.43. The van der Waals surface area contributed by atoms with Crippen LogP contribution < -0.4 is 0 Å². The van der Waals surface area contributed by atoms with E-state index in [0.717, 1.165) is 5.56 Å². The molecule has 1 fully saturated rings. The number of Topliss-reactive ketones (excluding diaryl/α,β-unsaturated/α-hetero) is 1. The van der Waals surface area contributed by atoms with Crippen LogP contribution in [0.4, 0.5) is 4.39 Å². The fourth-order valence-electron chi connectivity index (χ4n) is 2.54. The van der Waals surface area contributed by atoms with Crippen LogP contribution >= 0.6 is 0 Å². The van der Waals surface area contributed by atoms with E-state index in [2.05, 4.69) is 0 Å². The summed E-state index contributed by atoms with van der Waals surface area (Å²) in [7, 11) is 0. The third kappa shape index (κ3) is 2.83. The molecule has 1 aliphatic rings. The molecular formula is C15H18FNO2. The van der Waals surface area contributed by atoms with Crippen LogP contribution in [0, 0.1) is 12.7 Å². The molecule has 1 heterocycles. The molecule has 19 heavy (non-hydrogen) atoms. The molecule has 0 radical (unpaired) electrons. The van der Waals surface area contributed by atoms with E-state index in [1.165, 1.54) is 6.07 Å². The molecule has 3 nitrogen and oxygen atoms in total. The number of hydrogen-bond donors (Lipinski definition) is 0.